The van der Waals surface area contributed by atoms with Crippen LogP contribution >= 0.6 is 0 Å². The van der Waals surface area contributed by atoms with Crippen molar-refractivity contribution in [2.75, 3.05) is 20.3 Å². The zero-order valence-corrected chi connectivity index (χ0v) is 4.22. The van der Waals surface area contributed by atoms with E-state index in [9.17, 15) is 4.79 Å². The zero-order valence-electron chi connectivity index (χ0n) is 4.22. The van der Waals surface area contributed by atoms with Crippen molar-refractivity contribution in [1.82, 2.24) is 0 Å². The van der Waals surface area contributed by atoms with Crippen molar-refractivity contribution in [2.45, 2.75) is 0 Å². The Bertz CT molecular complexity index is 48.5. The molecular formula is C4H9NaO3. The topological polar surface area (TPSA) is 35.5 Å². The fourth-order valence-corrected chi connectivity index (χ4v) is 0.180. The van der Waals surface area contributed by atoms with Crippen LogP contribution in [0.15, 0.2) is 0 Å². The molecule has 0 aliphatic rings. The summed E-state index contributed by atoms with van der Waals surface area (Å²) < 4.78 is 8.83. The Morgan fingerprint density at radius 2 is 2.12 bits per heavy atom. The minimum absolute atomic E-state index is 0. The number of rotatable bonds is 4. The molecule has 0 unspecified atom stereocenters. The van der Waals surface area contributed by atoms with Crippen LogP contribution in [0, 0.1) is 0 Å². The van der Waals surface area contributed by atoms with Crippen molar-refractivity contribution in [2.24, 2.45) is 0 Å². The third-order valence-electron chi connectivity index (χ3n) is 0.473. The Morgan fingerprint density at radius 1 is 1.50 bits per heavy atom. The summed E-state index contributed by atoms with van der Waals surface area (Å²) in [6, 6.07) is 0. The van der Waals surface area contributed by atoms with Gasteiger partial charge in [-0.2, -0.15) is 0 Å². The summed E-state index contributed by atoms with van der Waals surface area (Å²) in [7, 11) is 1.55. The van der Waals surface area contributed by atoms with E-state index in [0.717, 1.165) is 0 Å². The number of hydrogen-bond acceptors (Lipinski definition) is 3. The van der Waals surface area contributed by atoms with E-state index in [1.165, 1.54) is 0 Å². The zero-order chi connectivity index (χ0) is 5.54. The first-order chi connectivity index (χ1) is 3.41. The molecule has 0 bridgehead atoms. The summed E-state index contributed by atoms with van der Waals surface area (Å²) in [5, 5.41) is 0. The molecule has 0 N–H and O–H groups in total. The quantitative estimate of drug-likeness (QED) is 0.281. The van der Waals surface area contributed by atoms with Gasteiger partial charge in [0.05, 0.1) is 6.61 Å². The molecule has 0 radical (unpaired) electrons. The van der Waals surface area contributed by atoms with E-state index in [0.29, 0.717) is 19.7 Å². The Morgan fingerprint density at radius 3 is 2.50 bits per heavy atom. The molecule has 0 saturated heterocycles. The summed E-state index contributed by atoms with van der Waals surface area (Å²) in [5.41, 5.74) is 0. The number of ether oxygens (including phenoxy) is 2. The van der Waals surface area contributed by atoms with E-state index in [4.69, 9.17) is 0 Å². The van der Waals surface area contributed by atoms with Crippen LogP contribution in [-0.4, -0.2) is 56.4 Å². The molecule has 0 aromatic heterocycles. The number of carbonyl (C=O) groups is 1. The average Bonchev–Trinajstić information content (AvgIpc) is 1.69. The molecule has 0 aromatic carbocycles. The molecule has 0 saturated carbocycles. The standard InChI is InChI=1S/C4H8O3.Na.H/c1-6-2-3-7-4-5;;/h4H,2-3H2,1H3;;. The maximum absolute atomic E-state index is 9.40. The fraction of sp³-hybridized carbons (Fsp3) is 0.750. The van der Waals surface area contributed by atoms with Gasteiger partial charge in [-0.25, -0.2) is 0 Å². The molecule has 0 heterocycles. The van der Waals surface area contributed by atoms with Crippen LogP contribution in [0.2, 0.25) is 0 Å². The van der Waals surface area contributed by atoms with E-state index in [1.807, 2.05) is 0 Å². The molecule has 4 heteroatoms. The Balaban J connectivity index is 0. The third kappa shape index (κ3) is 9.66. The molecule has 0 fully saturated rings. The molecule has 0 aliphatic carbocycles. The molecule has 0 spiro atoms. The van der Waals surface area contributed by atoms with E-state index in [1.54, 1.807) is 7.11 Å². The first-order valence-electron chi connectivity index (χ1n) is 1.96. The summed E-state index contributed by atoms with van der Waals surface area (Å²) in [5.74, 6) is 0. The number of hydrogen-bond donors (Lipinski definition) is 0. The molecule has 0 amide bonds. The summed E-state index contributed by atoms with van der Waals surface area (Å²) >= 11 is 0. The molecular weight excluding hydrogens is 119 g/mol. The van der Waals surface area contributed by atoms with Crippen molar-refractivity contribution in [1.29, 1.82) is 0 Å². The van der Waals surface area contributed by atoms with Crippen molar-refractivity contribution >= 4 is 36.0 Å². The van der Waals surface area contributed by atoms with Gasteiger partial charge < -0.3 is 9.47 Å². The number of methoxy groups -OCH3 is 1. The first kappa shape index (κ1) is 11.3. The van der Waals surface area contributed by atoms with Gasteiger partial charge >= 0.3 is 29.6 Å². The first-order valence-corrected chi connectivity index (χ1v) is 1.96. The van der Waals surface area contributed by atoms with Gasteiger partial charge in [-0.3, -0.25) is 4.79 Å². The van der Waals surface area contributed by atoms with Crippen LogP contribution in [0.25, 0.3) is 0 Å². The third-order valence-corrected chi connectivity index (χ3v) is 0.473. The molecule has 0 atom stereocenters. The van der Waals surface area contributed by atoms with Crippen LogP contribution in [0.5, 0.6) is 0 Å². The predicted molar refractivity (Wildman–Crippen MR) is 31.0 cm³/mol. The van der Waals surface area contributed by atoms with Crippen LogP contribution in [0.3, 0.4) is 0 Å². The molecule has 0 aromatic rings. The van der Waals surface area contributed by atoms with Crippen LogP contribution < -0.4 is 0 Å². The average molecular weight is 128 g/mol. The molecule has 3 nitrogen and oxygen atoms in total. The van der Waals surface area contributed by atoms with E-state index in [-0.39, 0.29) is 29.6 Å². The van der Waals surface area contributed by atoms with Crippen molar-refractivity contribution in [3.05, 3.63) is 0 Å². The Kier molecular flexibility index (Phi) is 14.7. The molecule has 8 heavy (non-hydrogen) atoms. The van der Waals surface area contributed by atoms with Crippen molar-refractivity contribution < 1.29 is 14.3 Å². The van der Waals surface area contributed by atoms with Gasteiger partial charge in [0.1, 0.15) is 6.61 Å². The van der Waals surface area contributed by atoms with Gasteiger partial charge in [0.15, 0.2) is 0 Å². The normalized spacial score (nSPS) is 7.12. The molecule has 44 valence electrons. The molecule has 0 aliphatic heterocycles. The second-order valence-electron chi connectivity index (χ2n) is 0.960. The SMILES string of the molecule is COCCOC=O.[NaH]. The van der Waals surface area contributed by atoms with Gasteiger partial charge in [0, 0.05) is 7.11 Å². The maximum atomic E-state index is 9.40. The van der Waals surface area contributed by atoms with Crippen molar-refractivity contribution in [3.63, 3.8) is 0 Å². The number of carbonyl (C=O) groups excluding carboxylic acids is 1. The van der Waals surface area contributed by atoms with Gasteiger partial charge in [-0.05, 0) is 0 Å². The minimum atomic E-state index is 0. The van der Waals surface area contributed by atoms with Gasteiger partial charge in [0.2, 0.25) is 0 Å². The van der Waals surface area contributed by atoms with E-state index in [2.05, 4.69) is 9.47 Å². The Labute approximate surface area is 70.6 Å². The van der Waals surface area contributed by atoms with Gasteiger partial charge in [-0.15, -0.1) is 0 Å². The second-order valence-corrected chi connectivity index (χ2v) is 0.960. The van der Waals surface area contributed by atoms with Gasteiger partial charge in [-0.1, -0.05) is 0 Å². The Hall–Kier alpha value is 0.430. The van der Waals surface area contributed by atoms with Gasteiger partial charge in [0.25, 0.3) is 6.47 Å². The van der Waals surface area contributed by atoms with E-state index < -0.39 is 0 Å². The summed E-state index contributed by atoms with van der Waals surface area (Å²) in [6.07, 6.45) is 0. The predicted octanol–water partition coefficient (Wildman–Crippen LogP) is -0.843. The monoisotopic (exact) mass is 128 g/mol. The second kappa shape index (κ2) is 10.4. The molecule has 0 rings (SSSR count). The fourth-order valence-electron chi connectivity index (χ4n) is 0.180. The van der Waals surface area contributed by atoms with Crippen LogP contribution in [0.4, 0.5) is 0 Å². The summed E-state index contributed by atoms with van der Waals surface area (Å²) in [4.78, 5) is 9.40. The van der Waals surface area contributed by atoms with E-state index >= 15 is 0 Å². The van der Waals surface area contributed by atoms with Crippen molar-refractivity contribution in [3.8, 4) is 0 Å². The van der Waals surface area contributed by atoms with Crippen LogP contribution in [-0.2, 0) is 14.3 Å². The van der Waals surface area contributed by atoms with Crippen LogP contribution in [0.1, 0.15) is 0 Å². The summed E-state index contributed by atoms with van der Waals surface area (Å²) in [6.45, 7) is 1.22.